The molecule has 0 fully saturated rings. The molecule has 2 aliphatic rings. The second kappa shape index (κ2) is 9.98. The van der Waals surface area contributed by atoms with Gasteiger partial charge in [-0.15, -0.1) is 0 Å². The number of para-hydroxylation sites is 1. The van der Waals surface area contributed by atoms with Gasteiger partial charge < -0.3 is 19.3 Å². The lowest BCUT2D eigenvalue weighted by molar-refractivity contribution is -0.191. The lowest BCUT2D eigenvalue weighted by Crippen LogP contribution is -2.35. The first-order chi connectivity index (χ1) is 15.4. The van der Waals surface area contributed by atoms with Crippen molar-refractivity contribution in [2.24, 2.45) is 5.41 Å². The summed E-state index contributed by atoms with van der Waals surface area (Å²) in [6.45, 7) is 5.98. The predicted molar refractivity (Wildman–Crippen MR) is 120 cm³/mol. The fourth-order valence-corrected chi connectivity index (χ4v) is 5.13. The van der Waals surface area contributed by atoms with Crippen LogP contribution in [0.4, 0.5) is 0 Å². The highest BCUT2D eigenvalue weighted by molar-refractivity contribution is 5.89. The Bertz CT molecular complexity index is 1080. The van der Waals surface area contributed by atoms with Crippen molar-refractivity contribution in [3.63, 3.8) is 0 Å². The molecule has 2 bridgehead atoms. The van der Waals surface area contributed by atoms with Crippen LogP contribution in [0.3, 0.4) is 0 Å². The Kier molecular flexibility index (Phi) is 7.33. The number of carbonyl (C=O) groups is 1. The Morgan fingerprint density at radius 1 is 1.31 bits per heavy atom. The van der Waals surface area contributed by atoms with Gasteiger partial charge in [0.2, 0.25) is 0 Å². The van der Waals surface area contributed by atoms with Crippen molar-refractivity contribution in [2.45, 2.75) is 45.6 Å². The highest BCUT2D eigenvalue weighted by Crippen LogP contribution is 2.51. The summed E-state index contributed by atoms with van der Waals surface area (Å²) in [5.41, 5.74) is 4.38. The molecule has 4 rings (SSSR count). The summed E-state index contributed by atoms with van der Waals surface area (Å²) in [5, 5.41) is 12.8. The van der Waals surface area contributed by atoms with Crippen molar-refractivity contribution in [3.05, 3.63) is 53.9 Å². The van der Waals surface area contributed by atoms with E-state index in [-0.39, 0.29) is 17.5 Å². The minimum absolute atomic E-state index is 0.250. The molecular formula is C25H30N2O5. The van der Waals surface area contributed by atoms with Crippen LogP contribution in [0.25, 0.3) is 16.6 Å². The zero-order valence-corrected chi connectivity index (χ0v) is 18.8. The number of aromatic nitrogens is 1. The van der Waals surface area contributed by atoms with Gasteiger partial charge in [0.15, 0.2) is 0 Å². The van der Waals surface area contributed by atoms with Crippen molar-refractivity contribution in [1.82, 2.24) is 9.47 Å². The standard InChI is InChI=1S/C24H30N2O3.CO2/c1-4-24-12-7-13-25(15-11-21(27)29-3)14-10-19-18-8-5-6-9-20(18)26(17(2)16-24)22(19)23(24)28;2-1-3/h5-6,8-9,11,15-16,23,28H,4,7,10,12-14H2,1-3H3;/b15-11+;. The SMILES string of the molecule is CCC12C=C(C)n3c(c(c4ccccc43)CCN(/C=C/C(=O)OC)CCC1)C2O.O=C=O. The zero-order valence-electron chi connectivity index (χ0n) is 18.8. The van der Waals surface area contributed by atoms with Gasteiger partial charge in [-0.05, 0) is 44.2 Å². The third kappa shape index (κ3) is 4.27. The Morgan fingerprint density at radius 2 is 2.03 bits per heavy atom. The van der Waals surface area contributed by atoms with Crippen LogP contribution in [0.5, 0.6) is 0 Å². The van der Waals surface area contributed by atoms with E-state index in [1.165, 1.54) is 29.8 Å². The summed E-state index contributed by atoms with van der Waals surface area (Å²) in [7, 11) is 1.40. The minimum atomic E-state index is -0.504. The lowest BCUT2D eigenvalue weighted by Gasteiger charge is -2.41. The Morgan fingerprint density at radius 3 is 2.72 bits per heavy atom. The fourth-order valence-electron chi connectivity index (χ4n) is 5.13. The molecule has 1 aromatic heterocycles. The predicted octanol–water partition coefficient (Wildman–Crippen LogP) is 3.69. The number of rotatable bonds is 3. The molecule has 7 nitrogen and oxygen atoms in total. The summed E-state index contributed by atoms with van der Waals surface area (Å²) in [4.78, 5) is 30.0. The molecule has 32 heavy (non-hydrogen) atoms. The molecule has 170 valence electrons. The second-order valence-corrected chi connectivity index (χ2v) is 8.30. The molecule has 2 unspecified atom stereocenters. The van der Waals surface area contributed by atoms with Crippen molar-refractivity contribution in [1.29, 1.82) is 0 Å². The minimum Gasteiger partial charge on any atom is -0.466 e. The van der Waals surface area contributed by atoms with Gasteiger partial charge in [-0.2, -0.15) is 9.59 Å². The largest absolute Gasteiger partial charge is 0.466 e. The van der Waals surface area contributed by atoms with Gasteiger partial charge in [0.25, 0.3) is 0 Å². The number of aliphatic hydroxyl groups excluding tert-OH is 1. The van der Waals surface area contributed by atoms with E-state index in [0.29, 0.717) is 0 Å². The van der Waals surface area contributed by atoms with Crippen LogP contribution in [0.15, 0.2) is 42.6 Å². The topological polar surface area (TPSA) is 88.8 Å². The fraction of sp³-hybridized carbons (Fsp3) is 0.440. The van der Waals surface area contributed by atoms with Gasteiger partial charge in [-0.3, -0.25) is 0 Å². The summed E-state index contributed by atoms with van der Waals surface area (Å²) < 4.78 is 7.00. The maximum absolute atomic E-state index is 11.6. The first-order valence-corrected chi connectivity index (χ1v) is 10.9. The van der Waals surface area contributed by atoms with E-state index in [2.05, 4.69) is 53.7 Å². The first kappa shape index (κ1) is 23.5. The molecule has 0 radical (unpaired) electrons. The van der Waals surface area contributed by atoms with E-state index in [0.717, 1.165) is 50.0 Å². The van der Waals surface area contributed by atoms with E-state index >= 15 is 0 Å². The number of carbonyl (C=O) groups excluding carboxylic acids is 3. The van der Waals surface area contributed by atoms with Crippen LogP contribution >= 0.6 is 0 Å². The second-order valence-electron chi connectivity index (χ2n) is 8.30. The molecule has 3 heterocycles. The quantitative estimate of drug-likeness (QED) is 0.581. The Labute approximate surface area is 188 Å². The van der Waals surface area contributed by atoms with Crippen molar-refractivity contribution < 1.29 is 24.2 Å². The lowest BCUT2D eigenvalue weighted by atomic mass is 9.71. The number of benzene rings is 1. The molecular weight excluding hydrogens is 408 g/mol. The smallest absolute Gasteiger partial charge is 0.373 e. The van der Waals surface area contributed by atoms with E-state index in [1.54, 1.807) is 0 Å². The van der Waals surface area contributed by atoms with E-state index in [4.69, 9.17) is 14.3 Å². The van der Waals surface area contributed by atoms with Crippen molar-refractivity contribution in [2.75, 3.05) is 20.2 Å². The van der Waals surface area contributed by atoms with Crippen molar-refractivity contribution >= 4 is 28.7 Å². The molecule has 0 amide bonds. The number of fused-ring (bicyclic) bond motifs is 4. The number of aliphatic hydroxyl groups is 1. The Hall–Kier alpha value is -3.15. The molecule has 0 saturated heterocycles. The molecule has 7 heteroatoms. The maximum atomic E-state index is 11.6. The summed E-state index contributed by atoms with van der Waals surface area (Å²) >= 11 is 0. The van der Waals surface area contributed by atoms with Gasteiger partial charge in [0, 0.05) is 41.9 Å². The average molecular weight is 439 g/mol. The number of nitrogens with zero attached hydrogens (tertiary/aromatic N) is 2. The molecule has 2 aromatic rings. The number of esters is 1. The van der Waals surface area contributed by atoms with Gasteiger partial charge in [-0.1, -0.05) is 31.2 Å². The highest BCUT2D eigenvalue weighted by Gasteiger charge is 2.42. The third-order valence-electron chi connectivity index (χ3n) is 6.69. The number of hydrogen-bond donors (Lipinski definition) is 1. The Balaban J connectivity index is 0.000000913. The van der Waals surface area contributed by atoms with Crippen LogP contribution in [0.2, 0.25) is 0 Å². The van der Waals surface area contributed by atoms with E-state index in [9.17, 15) is 9.90 Å². The van der Waals surface area contributed by atoms with Crippen LogP contribution in [0.1, 0.15) is 50.5 Å². The zero-order chi connectivity index (χ0) is 23.3. The summed E-state index contributed by atoms with van der Waals surface area (Å²) in [6, 6.07) is 8.42. The van der Waals surface area contributed by atoms with Crippen LogP contribution in [0, 0.1) is 5.41 Å². The van der Waals surface area contributed by atoms with Crippen LogP contribution in [-0.4, -0.2) is 46.9 Å². The summed E-state index contributed by atoms with van der Waals surface area (Å²) in [6.07, 6.45) is 8.95. The average Bonchev–Trinajstić information content (AvgIpc) is 3.13. The molecule has 2 atom stereocenters. The van der Waals surface area contributed by atoms with Crippen molar-refractivity contribution in [3.8, 4) is 0 Å². The number of methoxy groups -OCH3 is 1. The van der Waals surface area contributed by atoms with Crippen LogP contribution in [-0.2, 0) is 25.5 Å². The molecule has 2 aliphatic heterocycles. The van der Waals surface area contributed by atoms with Gasteiger partial charge in [-0.25, -0.2) is 4.79 Å². The van der Waals surface area contributed by atoms with E-state index in [1.807, 2.05) is 6.20 Å². The molecule has 0 aliphatic carbocycles. The molecule has 1 N–H and O–H groups in total. The van der Waals surface area contributed by atoms with Gasteiger partial charge in [0.05, 0.1) is 18.3 Å². The number of ether oxygens (including phenoxy) is 1. The molecule has 0 saturated carbocycles. The molecule has 0 spiro atoms. The molecule has 1 aromatic carbocycles. The normalized spacial score (nSPS) is 22.6. The third-order valence-corrected chi connectivity index (χ3v) is 6.69. The number of hydrogen-bond acceptors (Lipinski definition) is 6. The van der Waals surface area contributed by atoms with Crippen LogP contribution < -0.4 is 0 Å². The van der Waals surface area contributed by atoms with E-state index < -0.39 is 6.10 Å². The first-order valence-electron chi connectivity index (χ1n) is 10.9. The number of allylic oxidation sites excluding steroid dienone is 1. The highest BCUT2D eigenvalue weighted by atomic mass is 16.5. The summed E-state index contributed by atoms with van der Waals surface area (Å²) in [5.74, 6) is -0.336. The van der Waals surface area contributed by atoms with Gasteiger partial charge in [0.1, 0.15) is 6.10 Å². The van der Waals surface area contributed by atoms with Gasteiger partial charge >= 0.3 is 12.1 Å². The maximum Gasteiger partial charge on any atom is 0.373 e. The monoisotopic (exact) mass is 438 g/mol.